The molecule has 0 spiro atoms. The molecule has 2 nitrogen and oxygen atoms in total. The van der Waals surface area contributed by atoms with Gasteiger partial charge in [-0.1, -0.05) is 0 Å². The summed E-state index contributed by atoms with van der Waals surface area (Å²) < 4.78 is 32.4. The maximum absolute atomic E-state index is 13.6. The molecule has 2 rings (SSSR count). The van der Waals surface area contributed by atoms with Gasteiger partial charge in [0, 0.05) is 29.5 Å². The number of rotatable bonds is 3. The number of hydrogen-bond donors (Lipinski definition) is 1. The van der Waals surface area contributed by atoms with E-state index in [1.807, 2.05) is 0 Å². The summed E-state index contributed by atoms with van der Waals surface area (Å²) >= 11 is 1.18. The second kappa shape index (κ2) is 4.45. The van der Waals surface area contributed by atoms with Gasteiger partial charge < -0.3 is 10.5 Å². The monoisotopic (exact) mass is 243 g/mol. The van der Waals surface area contributed by atoms with Crippen LogP contribution in [0, 0.1) is 11.6 Å². The predicted molar refractivity (Wildman–Crippen MR) is 60.3 cm³/mol. The highest BCUT2D eigenvalue weighted by Crippen LogP contribution is 2.35. The average Bonchev–Trinajstić information content (AvgIpc) is 2.64. The summed E-state index contributed by atoms with van der Waals surface area (Å²) in [6, 6.07) is 2.26. The van der Waals surface area contributed by atoms with Crippen molar-refractivity contribution in [2.24, 2.45) is 5.73 Å². The van der Waals surface area contributed by atoms with Crippen LogP contribution in [0.1, 0.15) is 10.4 Å². The normalized spacial score (nSPS) is 11.2. The third kappa shape index (κ3) is 1.71. The van der Waals surface area contributed by atoms with Gasteiger partial charge in [0.05, 0.1) is 11.3 Å². The summed E-state index contributed by atoms with van der Waals surface area (Å²) in [5, 5.41) is 0.298. The summed E-state index contributed by atoms with van der Waals surface area (Å²) in [5.74, 6) is -0.849. The highest BCUT2D eigenvalue weighted by molar-refractivity contribution is 7.19. The summed E-state index contributed by atoms with van der Waals surface area (Å²) in [7, 11) is 1.51. The second-order valence-corrected chi connectivity index (χ2v) is 4.48. The van der Waals surface area contributed by atoms with Crippen molar-refractivity contribution < 1.29 is 13.5 Å². The molecule has 0 unspecified atom stereocenters. The fraction of sp³-hybridized carbons (Fsp3) is 0.273. The van der Waals surface area contributed by atoms with Gasteiger partial charge in [0.1, 0.15) is 11.6 Å². The summed E-state index contributed by atoms with van der Waals surface area (Å²) in [6.07, 6.45) is 0. The van der Waals surface area contributed by atoms with E-state index in [0.29, 0.717) is 15.6 Å². The third-order valence-corrected chi connectivity index (χ3v) is 3.66. The van der Waals surface area contributed by atoms with E-state index < -0.39 is 11.6 Å². The van der Waals surface area contributed by atoms with Gasteiger partial charge >= 0.3 is 0 Å². The van der Waals surface area contributed by atoms with E-state index in [1.54, 1.807) is 0 Å². The summed E-state index contributed by atoms with van der Waals surface area (Å²) in [6.45, 7) is 0.504. The number of fused-ring (bicyclic) bond motifs is 1. The number of benzene rings is 1. The molecule has 1 heterocycles. The summed E-state index contributed by atoms with van der Waals surface area (Å²) in [5.41, 5.74) is 6.21. The Morgan fingerprint density at radius 1 is 1.31 bits per heavy atom. The maximum Gasteiger partial charge on any atom is 0.141 e. The van der Waals surface area contributed by atoms with Crippen molar-refractivity contribution in [1.82, 2.24) is 0 Å². The van der Waals surface area contributed by atoms with Crippen LogP contribution in [0.25, 0.3) is 10.1 Å². The molecule has 5 heteroatoms. The van der Waals surface area contributed by atoms with E-state index in [9.17, 15) is 8.78 Å². The SMILES string of the molecule is COCc1c(CN)sc2c(F)ccc(F)c12. The minimum Gasteiger partial charge on any atom is -0.380 e. The number of ether oxygens (including phenoxy) is 1. The molecule has 1 aromatic heterocycles. The van der Waals surface area contributed by atoms with Crippen LogP contribution in [0.2, 0.25) is 0 Å². The largest absolute Gasteiger partial charge is 0.380 e. The van der Waals surface area contributed by atoms with Crippen molar-refractivity contribution in [3.8, 4) is 0 Å². The van der Waals surface area contributed by atoms with Crippen LogP contribution < -0.4 is 5.73 Å². The average molecular weight is 243 g/mol. The van der Waals surface area contributed by atoms with Crippen LogP contribution in [0.4, 0.5) is 8.78 Å². The van der Waals surface area contributed by atoms with Crippen LogP contribution in [0.3, 0.4) is 0 Å². The molecule has 0 fully saturated rings. The minimum absolute atomic E-state index is 0.243. The molecule has 0 aliphatic heterocycles. The molecule has 0 saturated carbocycles. The van der Waals surface area contributed by atoms with E-state index in [4.69, 9.17) is 10.5 Å². The Morgan fingerprint density at radius 3 is 2.62 bits per heavy atom. The Morgan fingerprint density at radius 2 is 2.00 bits per heavy atom. The standard InChI is InChI=1S/C11H11F2NOS/c1-15-5-6-9(4-14)16-11-8(13)3-2-7(12)10(6)11/h2-3H,4-5,14H2,1H3. The smallest absolute Gasteiger partial charge is 0.141 e. The quantitative estimate of drug-likeness (QED) is 0.899. The fourth-order valence-corrected chi connectivity index (χ4v) is 2.80. The van der Waals surface area contributed by atoms with Crippen molar-refractivity contribution in [2.75, 3.05) is 7.11 Å². The third-order valence-electron chi connectivity index (χ3n) is 2.40. The van der Waals surface area contributed by atoms with Gasteiger partial charge in [-0.2, -0.15) is 0 Å². The van der Waals surface area contributed by atoms with Gasteiger partial charge in [-0.3, -0.25) is 0 Å². The molecular weight excluding hydrogens is 232 g/mol. The van der Waals surface area contributed by atoms with Crippen LogP contribution in [-0.4, -0.2) is 7.11 Å². The molecule has 2 N–H and O–H groups in total. The molecule has 16 heavy (non-hydrogen) atoms. The van der Waals surface area contributed by atoms with Gasteiger partial charge in [0.25, 0.3) is 0 Å². The lowest BCUT2D eigenvalue weighted by Gasteiger charge is -2.01. The predicted octanol–water partition coefficient (Wildman–Crippen LogP) is 2.78. The first-order chi connectivity index (χ1) is 7.69. The van der Waals surface area contributed by atoms with Crippen molar-refractivity contribution in [3.05, 3.63) is 34.2 Å². The highest BCUT2D eigenvalue weighted by Gasteiger charge is 2.17. The molecule has 0 radical (unpaired) electrons. The van der Waals surface area contributed by atoms with E-state index in [1.165, 1.54) is 18.4 Å². The Hall–Kier alpha value is -1.04. The maximum atomic E-state index is 13.6. The highest BCUT2D eigenvalue weighted by atomic mass is 32.1. The molecule has 0 saturated heterocycles. The van der Waals surface area contributed by atoms with E-state index in [-0.39, 0.29) is 13.2 Å². The van der Waals surface area contributed by atoms with E-state index in [2.05, 4.69) is 0 Å². The molecule has 0 aliphatic carbocycles. The van der Waals surface area contributed by atoms with E-state index >= 15 is 0 Å². The Bertz CT molecular complexity index is 524. The molecule has 2 aromatic rings. The molecule has 0 aliphatic rings. The lowest BCUT2D eigenvalue weighted by molar-refractivity contribution is 0.185. The zero-order chi connectivity index (χ0) is 11.7. The number of methoxy groups -OCH3 is 1. The minimum atomic E-state index is -0.431. The number of halogens is 2. The van der Waals surface area contributed by atoms with Crippen LogP contribution in [-0.2, 0) is 17.9 Å². The lowest BCUT2D eigenvalue weighted by Crippen LogP contribution is -1.99. The lowest BCUT2D eigenvalue weighted by atomic mass is 10.1. The van der Waals surface area contributed by atoms with Crippen LogP contribution in [0.15, 0.2) is 12.1 Å². The topological polar surface area (TPSA) is 35.2 Å². The van der Waals surface area contributed by atoms with Gasteiger partial charge in [-0.15, -0.1) is 11.3 Å². The molecule has 86 valence electrons. The van der Waals surface area contributed by atoms with Gasteiger partial charge in [0.15, 0.2) is 0 Å². The molecule has 0 atom stereocenters. The zero-order valence-electron chi connectivity index (χ0n) is 8.72. The first-order valence-corrected chi connectivity index (χ1v) is 5.58. The molecular formula is C11H11F2NOS. The Balaban J connectivity index is 2.78. The van der Waals surface area contributed by atoms with Crippen molar-refractivity contribution >= 4 is 21.4 Å². The van der Waals surface area contributed by atoms with Gasteiger partial charge in [0.2, 0.25) is 0 Å². The molecule has 0 amide bonds. The second-order valence-electron chi connectivity index (χ2n) is 3.37. The Labute approximate surface area is 95.6 Å². The van der Waals surface area contributed by atoms with Crippen molar-refractivity contribution in [3.63, 3.8) is 0 Å². The Kier molecular flexibility index (Phi) is 3.18. The zero-order valence-corrected chi connectivity index (χ0v) is 9.54. The first kappa shape index (κ1) is 11.4. The first-order valence-electron chi connectivity index (χ1n) is 4.76. The van der Waals surface area contributed by atoms with Gasteiger partial charge in [-0.05, 0) is 12.1 Å². The van der Waals surface area contributed by atoms with Crippen LogP contribution >= 0.6 is 11.3 Å². The molecule has 0 bridgehead atoms. The fourth-order valence-electron chi connectivity index (χ4n) is 1.70. The summed E-state index contributed by atoms with van der Waals surface area (Å²) in [4.78, 5) is 0.765. The van der Waals surface area contributed by atoms with E-state index in [0.717, 1.165) is 17.0 Å². The number of hydrogen-bond acceptors (Lipinski definition) is 3. The van der Waals surface area contributed by atoms with Crippen molar-refractivity contribution in [1.29, 1.82) is 0 Å². The van der Waals surface area contributed by atoms with Crippen LogP contribution in [0.5, 0.6) is 0 Å². The molecule has 1 aromatic carbocycles. The van der Waals surface area contributed by atoms with Gasteiger partial charge in [-0.25, -0.2) is 8.78 Å². The number of thiophene rings is 1. The van der Waals surface area contributed by atoms with Crippen molar-refractivity contribution in [2.45, 2.75) is 13.2 Å². The number of nitrogens with two attached hydrogens (primary N) is 1.